The first-order valence-electron chi connectivity index (χ1n) is 6.52. The van der Waals surface area contributed by atoms with Crippen molar-refractivity contribution in [1.82, 2.24) is 5.32 Å². The first-order chi connectivity index (χ1) is 7.09. The summed E-state index contributed by atoms with van der Waals surface area (Å²) in [5.41, 5.74) is 1.92. The van der Waals surface area contributed by atoms with Gasteiger partial charge in [0, 0.05) is 12.2 Å². The highest BCUT2D eigenvalue weighted by Gasteiger charge is 2.27. The molecule has 0 saturated carbocycles. The average Bonchev–Trinajstić information content (AvgIpc) is 2.12. The molecule has 0 saturated heterocycles. The Balaban J connectivity index is 4.20. The number of rotatable bonds is 7. The third-order valence-electron chi connectivity index (χ3n) is 3.41. The monoisotopic (exact) mass is 225 g/mol. The normalized spacial score (nSPS) is 13.0. The Kier molecular flexibility index (Phi) is 5.58. The van der Waals surface area contributed by atoms with Crippen molar-refractivity contribution < 1.29 is 0 Å². The zero-order valence-electron chi connectivity index (χ0n) is 12.4. The SMILES string of the molecule is C=C(NCC(C)(C)CC(C)(C)CC)C(C)C. The van der Waals surface area contributed by atoms with Gasteiger partial charge in [-0.3, -0.25) is 0 Å². The van der Waals surface area contributed by atoms with E-state index in [4.69, 9.17) is 0 Å². The summed E-state index contributed by atoms with van der Waals surface area (Å²) in [7, 11) is 0. The molecule has 1 N–H and O–H groups in total. The van der Waals surface area contributed by atoms with Crippen molar-refractivity contribution in [1.29, 1.82) is 0 Å². The van der Waals surface area contributed by atoms with Crippen LogP contribution in [0.25, 0.3) is 0 Å². The van der Waals surface area contributed by atoms with Gasteiger partial charge in [-0.1, -0.05) is 61.5 Å². The van der Waals surface area contributed by atoms with Crippen LogP contribution in [0.5, 0.6) is 0 Å². The first-order valence-corrected chi connectivity index (χ1v) is 6.52. The van der Waals surface area contributed by atoms with Gasteiger partial charge in [-0.25, -0.2) is 0 Å². The topological polar surface area (TPSA) is 12.0 Å². The lowest BCUT2D eigenvalue weighted by Gasteiger charge is -2.35. The van der Waals surface area contributed by atoms with E-state index in [0.29, 0.717) is 16.7 Å². The fraction of sp³-hybridized carbons (Fsp3) is 0.867. The number of nitrogens with one attached hydrogen (secondary N) is 1. The minimum absolute atomic E-state index is 0.331. The van der Waals surface area contributed by atoms with Gasteiger partial charge in [0.1, 0.15) is 0 Å². The summed E-state index contributed by atoms with van der Waals surface area (Å²) in [6, 6.07) is 0. The molecule has 0 aromatic rings. The summed E-state index contributed by atoms with van der Waals surface area (Å²) in [5, 5.41) is 3.47. The highest BCUT2D eigenvalue weighted by molar-refractivity contribution is 4.96. The summed E-state index contributed by atoms with van der Waals surface area (Å²) in [5.74, 6) is 0.523. The van der Waals surface area contributed by atoms with Crippen LogP contribution < -0.4 is 5.32 Å². The molecule has 0 spiro atoms. The van der Waals surface area contributed by atoms with Crippen molar-refractivity contribution in [2.45, 2.75) is 61.3 Å². The maximum absolute atomic E-state index is 4.06. The summed E-state index contributed by atoms with van der Waals surface area (Å²) in [6.07, 6.45) is 2.48. The van der Waals surface area contributed by atoms with Crippen LogP contribution >= 0.6 is 0 Å². The third kappa shape index (κ3) is 6.19. The van der Waals surface area contributed by atoms with E-state index in [2.05, 4.69) is 60.4 Å². The molecule has 0 unspecified atom stereocenters. The molecule has 0 aliphatic rings. The van der Waals surface area contributed by atoms with Gasteiger partial charge in [-0.2, -0.15) is 0 Å². The van der Waals surface area contributed by atoms with Crippen LogP contribution in [0.3, 0.4) is 0 Å². The maximum atomic E-state index is 4.06. The van der Waals surface area contributed by atoms with Crippen molar-refractivity contribution >= 4 is 0 Å². The van der Waals surface area contributed by atoms with Crippen LogP contribution in [-0.4, -0.2) is 6.54 Å². The maximum Gasteiger partial charge on any atom is 0.0195 e. The Morgan fingerprint density at radius 2 is 1.62 bits per heavy atom. The van der Waals surface area contributed by atoms with Gasteiger partial charge in [0.05, 0.1) is 0 Å². The molecule has 0 aliphatic carbocycles. The quantitative estimate of drug-likeness (QED) is 0.668. The second-order valence-electron chi connectivity index (χ2n) is 6.89. The molecule has 0 atom stereocenters. The van der Waals surface area contributed by atoms with Gasteiger partial charge in [-0.05, 0) is 23.2 Å². The third-order valence-corrected chi connectivity index (χ3v) is 3.41. The molecule has 1 nitrogen and oxygen atoms in total. The van der Waals surface area contributed by atoms with E-state index in [-0.39, 0.29) is 0 Å². The largest absolute Gasteiger partial charge is 0.388 e. The van der Waals surface area contributed by atoms with Crippen molar-refractivity contribution in [3.05, 3.63) is 12.3 Å². The zero-order valence-corrected chi connectivity index (χ0v) is 12.4. The lowest BCUT2D eigenvalue weighted by molar-refractivity contribution is 0.186. The van der Waals surface area contributed by atoms with Gasteiger partial charge < -0.3 is 5.32 Å². The molecule has 96 valence electrons. The lowest BCUT2D eigenvalue weighted by atomic mass is 9.73. The molecular formula is C15H31N. The molecular weight excluding hydrogens is 194 g/mol. The van der Waals surface area contributed by atoms with Crippen molar-refractivity contribution in [3.63, 3.8) is 0 Å². The van der Waals surface area contributed by atoms with Crippen LogP contribution in [0.4, 0.5) is 0 Å². The fourth-order valence-electron chi connectivity index (χ4n) is 2.04. The molecule has 0 radical (unpaired) electrons. The molecule has 0 aromatic heterocycles. The van der Waals surface area contributed by atoms with Crippen LogP contribution in [-0.2, 0) is 0 Å². The highest BCUT2D eigenvalue weighted by atomic mass is 14.9. The van der Waals surface area contributed by atoms with Crippen molar-refractivity contribution in [2.75, 3.05) is 6.54 Å². The molecule has 0 heterocycles. The molecule has 16 heavy (non-hydrogen) atoms. The van der Waals surface area contributed by atoms with Crippen LogP contribution in [0.1, 0.15) is 61.3 Å². The summed E-state index contributed by atoms with van der Waals surface area (Å²) >= 11 is 0. The zero-order chi connectivity index (χ0) is 13.0. The smallest absolute Gasteiger partial charge is 0.0195 e. The Hall–Kier alpha value is -0.460. The van der Waals surface area contributed by atoms with E-state index in [0.717, 1.165) is 12.2 Å². The second kappa shape index (κ2) is 5.75. The molecule has 0 aliphatic heterocycles. The van der Waals surface area contributed by atoms with Crippen LogP contribution in [0.2, 0.25) is 0 Å². The molecule has 0 bridgehead atoms. The second-order valence-corrected chi connectivity index (χ2v) is 6.89. The van der Waals surface area contributed by atoms with Crippen LogP contribution in [0, 0.1) is 16.7 Å². The van der Waals surface area contributed by atoms with Gasteiger partial charge in [0.2, 0.25) is 0 Å². The van der Waals surface area contributed by atoms with E-state index in [1.54, 1.807) is 0 Å². The van der Waals surface area contributed by atoms with Crippen LogP contribution in [0.15, 0.2) is 12.3 Å². The van der Waals surface area contributed by atoms with Gasteiger partial charge >= 0.3 is 0 Å². The predicted octanol–water partition coefficient (Wildman–Crippen LogP) is 4.60. The summed E-state index contributed by atoms with van der Waals surface area (Å²) in [6.45, 7) is 21.1. The minimum Gasteiger partial charge on any atom is -0.388 e. The Labute approximate surface area is 103 Å². The Bertz CT molecular complexity index is 224. The van der Waals surface area contributed by atoms with Gasteiger partial charge in [0.25, 0.3) is 0 Å². The predicted molar refractivity (Wildman–Crippen MR) is 74.5 cm³/mol. The molecule has 0 amide bonds. The lowest BCUT2D eigenvalue weighted by Crippen LogP contribution is -2.33. The molecule has 1 heteroatoms. The first kappa shape index (κ1) is 15.5. The minimum atomic E-state index is 0.331. The average molecular weight is 225 g/mol. The summed E-state index contributed by atoms with van der Waals surface area (Å²) < 4.78 is 0. The standard InChI is InChI=1S/C15H31N/c1-9-14(5,6)10-15(7,8)11-16-13(4)12(2)3/h12,16H,4,9-11H2,1-3,5-8H3. The van der Waals surface area contributed by atoms with E-state index >= 15 is 0 Å². The van der Waals surface area contributed by atoms with E-state index in [1.165, 1.54) is 12.8 Å². The Morgan fingerprint density at radius 1 is 1.12 bits per heavy atom. The molecule has 0 rings (SSSR count). The number of hydrogen-bond acceptors (Lipinski definition) is 1. The Morgan fingerprint density at radius 3 is 2.00 bits per heavy atom. The molecule has 0 aromatic carbocycles. The molecule has 0 fully saturated rings. The number of allylic oxidation sites excluding steroid dienone is 1. The number of hydrogen-bond donors (Lipinski definition) is 1. The van der Waals surface area contributed by atoms with E-state index in [9.17, 15) is 0 Å². The van der Waals surface area contributed by atoms with E-state index < -0.39 is 0 Å². The van der Waals surface area contributed by atoms with Crippen molar-refractivity contribution in [3.8, 4) is 0 Å². The van der Waals surface area contributed by atoms with Crippen molar-refractivity contribution in [2.24, 2.45) is 16.7 Å². The summed E-state index contributed by atoms with van der Waals surface area (Å²) in [4.78, 5) is 0. The van der Waals surface area contributed by atoms with Gasteiger partial charge in [0.15, 0.2) is 0 Å². The highest BCUT2D eigenvalue weighted by Crippen LogP contribution is 2.35. The fourth-order valence-corrected chi connectivity index (χ4v) is 2.04. The van der Waals surface area contributed by atoms with Gasteiger partial charge in [-0.15, -0.1) is 0 Å². The van der Waals surface area contributed by atoms with E-state index in [1.807, 2.05) is 0 Å².